The van der Waals surface area contributed by atoms with Gasteiger partial charge in [-0.3, -0.25) is 4.79 Å². The molecule has 6 heteroatoms. The van der Waals surface area contributed by atoms with Crippen LogP contribution in [0.5, 0.6) is 0 Å². The normalized spacial score (nSPS) is 15.6. The van der Waals surface area contributed by atoms with E-state index in [0.717, 1.165) is 11.0 Å². The molecule has 1 N–H and O–H groups in total. The summed E-state index contributed by atoms with van der Waals surface area (Å²) in [4.78, 5) is 17.3. The molecule has 1 aliphatic heterocycles. The lowest BCUT2D eigenvalue weighted by Gasteiger charge is -2.26. The molecule has 0 saturated carbocycles. The number of aromatic amines is 1. The van der Waals surface area contributed by atoms with E-state index in [-0.39, 0.29) is 5.91 Å². The molecule has 0 unspecified atom stereocenters. The monoisotopic (exact) mass is 305 g/mol. The van der Waals surface area contributed by atoms with Crippen LogP contribution in [0.4, 0.5) is 0 Å². The third kappa shape index (κ3) is 3.01. The highest BCUT2D eigenvalue weighted by Gasteiger charge is 2.17. The average molecular weight is 305 g/mol. The quantitative estimate of drug-likeness (QED) is 0.885. The van der Waals surface area contributed by atoms with Crippen LogP contribution in [0.1, 0.15) is 12.0 Å². The zero-order valence-electron chi connectivity index (χ0n) is 12.1. The van der Waals surface area contributed by atoms with Gasteiger partial charge in [-0.05, 0) is 36.8 Å². The van der Waals surface area contributed by atoms with Crippen molar-refractivity contribution in [3.63, 3.8) is 0 Å². The SMILES string of the molecule is Cc1ccc2c(c1)[nH]c(=S)n2CCC(=O)N1CCOCC1. The lowest BCUT2D eigenvalue weighted by Crippen LogP contribution is -2.40. The fraction of sp³-hybridized carbons (Fsp3) is 0.467. The first-order valence-corrected chi connectivity index (χ1v) is 7.60. The van der Waals surface area contributed by atoms with Gasteiger partial charge in [-0.25, -0.2) is 0 Å². The first kappa shape index (κ1) is 14.3. The molecule has 2 aromatic rings. The summed E-state index contributed by atoms with van der Waals surface area (Å²) in [6.07, 6.45) is 0.467. The van der Waals surface area contributed by atoms with Crippen LogP contribution in [0.2, 0.25) is 0 Å². The number of H-pyrrole nitrogens is 1. The number of fused-ring (bicyclic) bond motifs is 1. The number of hydrogen-bond donors (Lipinski definition) is 1. The molecule has 0 radical (unpaired) electrons. The third-order valence-electron chi connectivity index (χ3n) is 3.84. The Morgan fingerprint density at radius 3 is 2.90 bits per heavy atom. The van der Waals surface area contributed by atoms with Crippen LogP contribution in [0.25, 0.3) is 11.0 Å². The highest BCUT2D eigenvalue weighted by Crippen LogP contribution is 2.16. The van der Waals surface area contributed by atoms with Gasteiger partial charge in [0.25, 0.3) is 0 Å². The molecule has 1 aromatic carbocycles. The molecule has 0 spiro atoms. The molecule has 112 valence electrons. The van der Waals surface area contributed by atoms with Crippen molar-refractivity contribution in [3.05, 3.63) is 28.5 Å². The first-order valence-electron chi connectivity index (χ1n) is 7.20. The maximum Gasteiger partial charge on any atom is 0.224 e. The molecule has 5 nitrogen and oxygen atoms in total. The minimum Gasteiger partial charge on any atom is -0.378 e. The lowest BCUT2D eigenvalue weighted by molar-refractivity contribution is -0.135. The molecule has 1 fully saturated rings. The van der Waals surface area contributed by atoms with Crippen LogP contribution in [0.15, 0.2) is 18.2 Å². The number of carbonyl (C=O) groups excluding carboxylic acids is 1. The molecule has 1 amide bonds. The number of carbonyl (C=O) groups is 1. The maximum absolute atomic E-state index is 12.2. The second kappa shape index (κ2) is 5.99. The highest BCUT2D eigenvalue weighted by atomic mass is 32.1. The van der Waals surface area contributed by atoms with E-state index in [2.05, 4.69) is 30.1 Å². The van der Waals surface area contributed by atoms with Crippen molar-refractivity contribution in [1.82, 2.24) is 14.5 Å². The summed E-state index contributed by atoms with van der Waals surface area (Å²) in [6, 6.07) is 6.19. The van der Waals surface area contributed by atoms with Gasteiger partial charge in [0.05, 0.1) is 24.2 Å². The van der Waals surface area contributed by atoms with Gasteiger partial charge in [0.1, 0.15) is 0 Å². The summed E-state index contributed by atoms with van der Waals surface area (Å²) in [5, 5.41) is 0. The van der Waals surface area contributed by atoms with E-state index in [1.807, 2.05) is 9.47 Å². The number of hydrogen-bond acceptors (Lipinski definition) is 3. The van der Waals surface area contributed by atoms with E-state index in [0.29, 0.717) is 44.0 Å². The van der Waals surface area contributed by atoms with E-state index in [4.69, 9.17) is 17.0 Å². The molecule has 0 atom stereocenters. The van der Waals surface area contributed by atoms with Gasteiger partial charge in [0, 0.05) is 26.1 Å². The van der Waals surface area contributed by atoms with E-state index in [9.17, 15) is 4.79 Å². The summed E-state index contributed by atoms with van der Waals surface area (Å²) in [5.74, 6) is 0.168. The van der Waals surface area contributed by atoms with Gasteiger partial charge >= 0.3 is 0 Å². The van der Waals surface area contributed by atoms with E-state index >= 15 is 0 Å². The van der Waals surface area contributed by atoms with Gasteiger partial charge in [0.15, 0.2) is 4.77 Å². The summed E-state index contributed by atoms with van der Waals surface area (Å²) in [5.41, 5.74) is 3.27. The molecule has 2 heterocycles. The number of morpholine rings is 1. The van der Waals surface area contributed by atoms with Gasteiger partial charge < -0.3 is 19.2 Å². The topological polar surface area (TPSA) is 50.3 Å². The molecule has 0 aliphatic carbocycles. The lowest BCUT2D eigenvalue weighted by atomic mass is 10.2. The Balaban J connectivity index is 1.74. The smallest absolute Gasteiger partial charge is 0.224 e. The van der Waals surface area contributed by atoms with Gasteiger partial charge in [-0.15, -0.1) is 0 Å². The number of nitrogens with one attached hydrogen (secondary N) is 1. The number of imidazole rings is 1. The summed E-state index contributed by atoms with van der Waals surface area (Å²) < 4.78 is 7.94. The number of rotatable bonds is 3. The molecular weight excluding hydrogens is 286 g/mol. The van der Waals surface area contributed by atoms with Crippen molar-refractivity contribution in [3.8, 4) is 0 Å². The third-order valence-corrected chi connectivity index (χ3v) is 4.17. The average Bonchev–Trinajstić information content (AvgIpc) is 2.80. The first-order chi connectivity index (χ1) is 10.1. The fourth-order valence-corrected chi connectivity index (χ4v) is 2.98. The van der Waals surface area contributed by atoms with E-state index in [1.54, 1.807) is 0 Å². The van der Waals surface area contributed by atoms with Crippen molar-refractivity contribution in [1.29, 1.82) is 0 Å². The second-order valence-corrected chi connectivity index (χ2v) is 5.73. The number of aryl methyl sites for hydroxylation is 2. The second-order valence-electron chi connectivity index (χ2n) is 5.35. The zero-order chi connectivity index (χ0) is 14.8. The Labute approximate surface area is 128 Å². The molecular formula is C15H19N3O2S. The molecule has 21 heavy (non-hydrogen) atoms. The van der Waals surface area contributed by atoms with Crippen LogP contribution >= 0.6 is 12.2 Å². The summed E-state index contributed by atoms with van der Waals surface area (Å²) >= 11 is 5.37. The van der Waals surface area contributed by atoms with E-state index in [1.165, 1.54) is 5.56 Å². The molecule has 1 aliphatic rings. The van der Waals surface area contributed by atoms with Crippen LogP contribution in [-0.2, 0) is 16.1 Å². The summed E-state index contributed by atoms with van der Waals surface area (Å²) in [7, 11) is 0. The number of ether oxygens (including phenoxy) is 1. The Morgan fingerprint density at radius 2 is 2.14 bits per heavy atom. The van der Waals surface area contributed by atoms with Crippen molar-refractivity contribution >= 4 is 29.2 Å². The Hall–Kier alpha value is -1.66. The van der Waals surface area contributed by atoms with Gasteiger partial charge in [0.2, 0.25) is 5.91 Å². The van der Waals surface area contributed by atoms with Gasteiger partial charge in [-0.1, -0.05) is 6.07 Å². The molecule has 0 bridgehead atoms. The van der Waals surface area contributed by atoms with Crippen molar-refractivity contribution in [2.45, 2.75) is 19.9 Å². The predicted octanol–water partition coefficient (Wildman–Crippen LogP) is 2.26. The van der Waals surface area contributed by atoms with Crippen molar-refractivity contribution < 1.29 is 9.53 Å². The minimum absolute atomic E-state index is 0.168. The Kier molecular flexibility index (Phi) is 4.07. The van der Waals surface area contributed by atoms with Crippen LogP contribution in [-0.4, -0.2) is 46.7 Å². The fourth-order valence-electron chi connectivity index (χ4n) is 2.68. The number of nitrogens with zero attached hydrogens (tertiary/aromatic N) is 2. The number of aromatic nitrogens is 2. The van der Waals surface area contributed by atoms with E-state index < -0.39 is 0 Å². The largest absolute Gasteiger partial charge is 0.378 e. The standard InChI is InChI=1S/C15H19N3O2S/c1-11-2-3-13-12(10-11)16-15(21)18(13)5-4-14(19)17-6-8-20-9-7-17/h2-3,10H,4-9H2,1H3,(H,16,21). The molecule has 1 saturated heterocycles. The Bertz CT molecular complexity index is 713. The number of benzene rings is 1. The van der Waals surface area contributed by atoms with Crippen molar-refractivity contribution in [2.75, 3.05) is 26.3 Å². The predicted molar refractivity (Wildman–Crippen MR) is 83.9 cm³/mol. The Morgan fingerprint density at radius 1 is 1.38 bits per heavy atom. The van der Waals surface area contributed by atoms with Crippen molar-refractivity contribution in [2.24, 2.45) is 0 Å². The molecule has 1 aromatic heterocycles. The summed E-state index contributed by atoms with van der Waals surface area (Å²) in [6.45, 7) is 5.32. The number of amides is 1. The van der Waals surface area contributed by atoms with Crippen LogP contribution in [0.3, 0.4) is 0 Å². The maximum atomic E-state index is 12.2. The zero-order valence-corrected chi connectivity index (χ0v) is 12.9. The van der Waals surface area contributed by atoms with Crippen LogP contribution in [0, 0.1) is 11.7 Å². The minimum atomic E-state index is 0.168. The highest BCUT2D eigenvalue weighted by molar-refractivity contribution is 7.71. The molecule has 3 rings (SSSR count). The van der Waals surface area contributed by atoms with Gasteiger partial charge in [-0.2, -0.15) is 0 Å². The van der Waals surface area contributed by atoms with Crippen LogP contribution < -0.4 is 0 Å².